The molecule has 1 aliphatic carbocycles. The number of likely N-dealkylation sites (N-methyl/N-ethyl adjacent to an activating group) is 1. The fraction of sp³-hybridized carbons (Fsp3) is 0.368. The minimum absolute atomic E-state index is 0.485. The maximum atomic E-state index is 3.55. The van der Waals surface area contributed by atoms with Crippen molar-refractivity contribution >= 4 is 15.9 Å². The van der Waals surface area contributed by atoms with Crippen LogP contribution < -0.4 is 5.32 Å². The Morgan fingerprint density at radius 2 is 1.76 bits per heavy atom. The molecule has 0 fully saturated rings. The van der Waals surface area contributed by atoms with Gasteiger partial charge in [-0.25, -0.2) is 0 Å². The van der Waals surface area contributed by atoms with Crippen LogP contribution in [0.1, 0.15) is 28.7 Å². The molecule has 1 atom stereocenters. The van der Waals surface area contributed by atoms with Gasteiger partial charge in [0.05, 0.1) is 0 Å². The highest BCUT2D eigenvalue weighted by molar-refractivity contribution is 9.10. The standard InChI is InChI=1S/C19H22BrN/c1-21-19(12-14-4-2-7-18(20)11-14)13-15-8-9-16-5-3-6-17(16)10-15/h2,4,7-11,19,21H,3,5-6,12-13H2,1H3. The van der Waals surface area contributed by atoms with Gasteiger partial charge in [-0.05, 0) is 73.5 Å². The first kappa shape index (κ1) is 14.8. The molecule has 0 amide bonds. The van der Waals surface area contributed by atoms with E-state index in [1.54, 1.807) is 11.1 Å². The van der Waals surface area contributed by atoms with Crippen LogP contribution in [-0.2, 0) is 25.7 Å². The molecule has 0 heterocycles. The monoisotopic (exact) mass is 343 g/mol. The molecule has 21 heavy (non-hydrogen) atoms. The molecule has 110 valence electrons. The summed E-state index contributed by atoms with van der Waals surface area (Å²) in [6, 6.07) is 16.2. The van der Waals surface area contributed by atoms with Crippen molar-refractivity contribution in [1.82, 2.24) is 5.32 Å². The van der Waals surface area contributed by atoms with E-state index >= 15 is 0 Å². The Hall–Kier alpha value is -1.12. The molecule has 0 bridgehead atoms. The lowest BCUT2D eigenvalue weighted by Gasteiger charge is -2.17. The van der Waals surface area contributed by atoms with Crippen molar-refractivity contribution in [2.75, 3.05) is 7.05 Å². The van der Waals surface area contributed by atoms with E-state index in [-0.39, 0.29) is 0 Å². The molecule has 1 aliphatic rings. The normalized spacial score (nSPS) is 15.0. The number of nitrogens with one attached hydrogen (secondary N) is 1. The van der Waals surface area contributed by atoms with Crippen LogP contribution in [0.4, 0.5) is 0 Å². The highest BCUT2D eigenvalue weighted by Gasteiger charge is 2.13. The first-order valence-corrected chi connectivity index (χ1v) is 8.56. The number of hydrogen-bond acceptors (Lipinski definition) is 1. The molecule has 0 saturated carbocycles. The van der Waals surface area contributed by atoms with Crippen molar-refractivity contribution in [2.45, 2.75) is 38.1 Å². The summed E-state index contributed by atoms with van der Waals surface area (Å²) in [5.74, 6) is 0. The van der Waals surface area contributed by atoms with Gasteiger partial charge in [-0.2, -0.15) is 0 Å². The van der Waals surface area contributed by atoms with Crippen LogP contribution in [-0.4, -0.2) is 13.1 Å². The van der Waals surface area contributed by atoms with Crippen LogP contribution in [0.2, 0.25) is 0 Å². The molecule has 1 unspecified atom stereocenters. The largest absolute Gasteiger partial charge is 0.316 e. The van der Waals surface area contributed by atoms with Crippen LogP contribution in [0.3, 0.4) is 0 Å². The number of hydrogen-bond donors (Lipinski definition) is 1. The zero-order valence-corrected chi connectivity index (χ0v) is 14.1. The predicted octanol–water partition coefficient (Wildman–Crippen LogP) is 4.31. The molecule has 1 N–H and O–H groups in total. The molecule has 0 radical (unpaired) electrons. The quantitative estimate of drug-likeness (QED) is 0.852. The van der Waals surface area contributed by atoms with Crippen molar-refractivity contribution in [1.29, 1.82) is 0 Å². The number of rotatable bonds is 5. The zero-order valence-electron chi connectivity index (χ0n) is 12.5. The van der Waals surface area contributed by atoms with Crippen molar-refractivity contribution < 1.29 is 0 Å². The van der Waals surface area contributed by atoms with E-state index in [1.807, 2.05) is 0 Å². The van der Waals surface area contributed by atoms with Crippen molar-refractivity contribution in [3.8, 4) is 0 Å². The minimum Gasteiger partial charge on any atom is -0.316 e. The second-order valence-corrected chi connectivity index (χ2v) is 6.90. The number of aryl methyl sites for hydroxylation is 2. The van der Waals surface area contributed by atoms with E-state index in [4.69, 9.17) is 0 Å². The van der Waals surface area contributed by atoms with E-state index in [1.165, 1.54) is 30.4 Å². The minimum atomic E-state index is 0.485. The topological polar surface area (TPSA) is 12.0 Å². The highest BCUT2D eigenvalue weighted by atomic mass is 79.9. The lowest BCUT2D eigenvalue weighted by atomic mass is 9.97. The molecule has 0 aromatic heterocycles. The van der Waals surface area contributed by atoms with E-state index in [0.29, 0.717) is 6.04 Å². The number of benzene rings is 2. The zero-order chi connectivity index (χ0) is 14.7. The van der Waals surface area contributed by atoms with Gasteiger partial charge in [-0.15, -0.1) is 0 Å². The van der Waals surface area contributed by atoms with Gasteiger partial charge in [-0.1, -0.05) is 46.3 Å². The Kier molecular flexibility index (Phi) is 4.77. The van der Waals surface area contributed by atoms with Gasteiger partial charge >= 0.3 is 0 Å². The second-order valence-electron chi connectivity index (χ2n) is 5.98. The average molecular weight is 344 g/mol. The predicted molar refractivity (Wildman–Crippen MR) is 92.9 cm³/mol. The molecular formula is C19H22BrN. The molecule has 2 aromatic carbocycles. The Labute approximate surface area is 135 Å². The number of fused-ring (bicyclic) bond motifs is 1. The Morgan fingerprint density at radius 3 is 2.52 bits per heavy atom. The summed E-state index contributed by atoms with van der Waals surface area (Å²) < 4.78 is 1.16. The van der Waals surface area contributed by atoms with Crippen LogP contribution >= 0.6 is 15.9 Å². The van der Waals surface area contributed by atoms with Crippen LogP contribution in [0.15, 0.2) is 46.9 Å². The Morgan fingerprint density at radius 1 is 1.00 bits per heavy atom. The summed E-state index contributed by atoms with van der Waals surface area (Å²) in [7, 11) is 2.07. The van der Waals surface area contributed by atoms with Gasteiger partial charge in [0, 0.05) is 10.5 Å². The van der Waals surface area contributed by atoms with E-state index in [0.717, 1.165) is 17.3 Å². The first-order chi connectivity index (χ1) is 10.2. The van der Waals surface area contributed by atoms with Crippen LogP contribution in [0.5, 0.6) is 0 Å². The summed E-state index contributed by atoms with van der Waals surface area (Å²) >= 11 is 3.55. The lowest BCUT2D eigenvalue weighted by Crippen LogP contribution is -2.29. The smallest absolute Gasteiger partial charge is 0.0178 e. The van der Waals surface area contributed by atoms with Gasteiger partial charge in [-0.3, -0.25) is 0 Å². The van der Waals surface area contributed by atoms with Gasteiger partial charge in [0.15, 0.2) is 0 Å². The van der Waals surface area contributed by atoms with Crippen molar-refractivity contribution in [2.24, 2.45) is 0 Å². The Balaban J connectivity index is 1.69. The lowest BCUT2D eigenvalue weighted by molar-refractivity contribution is 0.556. The average Bonchev–Trinajstić information content (AvgIpc) is 2.94. The highest BCUT2D eigenvalue weighted by Crippen LogP contribution is 2.23. The summed E-state index contributed by atoms with van der Waals surface area (Å²) in [5, 5.41) is 3.47. The van der Waals surface area contributed by atoms with Crippen LogP contribution in [0, 0.1) is 0 Å². The first-order valence-electron chi connectivity index (χ1n) is 7.77. The maximum absolute atomic E-state index is 3.55. The van der Waals surface area contributed by atoms with Gasteiger partial charge in [0.2, 0.25) is 0 Å². The third kappa shape index (κ3) is 3.75. The fourth-order valence-corrected chi connectivity index (χ4v) is 3.71. The van der Waals surface area contributed by atoms with Crippen LogP contribution in [0.25, 0.3) is 0 Å². The molecule has 0 spiro atoms. The van der Waals surface area contributed by atoms with Crippen molar-refractivity contribution in [3.63, 3.8) is 0 Å². The Bertz CT molecular complexity index is 621. The second kappa shape index (κ2) is 6.76. The molecule has 0 aliphatic heterocycles. The third-order valence-corrected chi connectivity index (χ3v) is 4.92. The molecular weight excluding hydrogens is 322 g/mol. The summed E-state index contributed by atoms with van der Waals surface area (Å²) in [6.45, 7) is 0. The SMILES string of the molecule is CNC(Cc1cccc(Br)c1)Cc1ccc2c(c1)CCC2. The summed E-state index contributed by atoms with van der Waals surface area (Å²) in [5.41, 5.74) is 5.98. The number of halogens is 1. The molecule has 2 heteroatoms. The van der Waals surface area contributed by atoms with Gasteiger partial charge < -0.3 is 5.32 Å². The molecule has 1 nitrogen and oxygen atoms in total. The summed E-state index contributed by atoms with van der Waals surface area (Å²) in [6.07, 6.45) is 6.01. The van der Waals surface area contributed by atoms with E-state index in [2.05, 4.69) is 70.8 Å². The third-order valence-electron chi connectivity index (χ3n) is 4.42. The molecule has 0 saturated heterocycles. The van der Waals surface area contributed by atoms with E-state index in [9.17, 15) is 0 Å². The fourth-order valence-electron chi connectivity index (χ4n) is 3.26. The van der Waals surface area contributed by atoms with Gasteiger partial charge in [0.25, 0.3) is 0 Å². The van der Waals surface area contributed by atoms with Crippen molar-refractivity contribution in [3.05, 3.63) is 69.2 Å². The summed E-state index contributed by atoms with van der Waals surface area (Å²) in [4.78, 5) is 0. The maximum Gasteiger partial charge on any atom is 0.0178 e. The molecule has 2 aromatic rings. The van der Waals surface area contributed by atoms with E-state index < -0.39 is 0 Å². The molecule has 3 rings (SSSR count). The van der Waals surface area contributed by atoms with Gasteiger partial charge in [0.1, 0.15) is 0 Å².